The highest BCUT2D eigenvalue weighted by Crippen LogP contribution is 2.27. The molecule has 156 valence electrons. The number of hydrogen-bond acceptors (Lipinski definition) is 5. The summed E-state index contributed by atoms with van der Waals surface area (Å²) in [5, 5.41) is 3.55. The summed E-state index contributed by atoms with van der Waals surface area (Å²) in [6, 6.07) is 12.7. The molecule has 0 atom stereocenters. The number of nitrogens with one attached hydrogen (secondary N) is 1. The summed E-state index contributed by atoms with van der Waals surface area (Å²) < 4.78 is 27.2. The van der Waals surface area contributed by atoms with E-state index in [9.17, 15) is 13.2 Å². The Kier molecular flexibility index (Phi) is 7.69. The van der Waals surface area contributed by atoms with Crippen molar-refractivity contribution in [1.82, 2.24) is 9.29 Å². The van der Waals surface area contributed by atoms with E-state index in [0.29, 0.717) is 17.2 Å². The SMILES string of the molecule is CN(C1CCCCC1)S(=O)(=O)c1ccc(SCCC(=O)Nc2ccccc2)nc1. The second kappa shape index (κ2) is 10.2. The zero-order valence-electron chi connectivity index (χ0n) is 16.6. The number of aromatic nitrogens is 1. The third kappa shape index (κ3) is 6.04. The number of nitrogens with zero attached hydrogens (tertiary/aromatic N) is 2. The average molecular weight is 434 g/mol. The maximum absolute atomic E-state index is 12.8. The minimum atomic E-state index is -3.53. The first-order valence-corrected chi connectivity index (χ1v) is 12.3. The van der Waals surface area contributed by atoms with Crippen LogP contribution in [0.25, 0.3) is 0 Å². The summed E-state index contributed by atoms with van der Waals surface area (Å²) in [5.74, 6) is 0.511. The van der Waals surface area contributed by atoms with Crippen molar-refractivity contribution in [3.05, 3.63) is 48.7 Å². The lowest BCUT2D eigenvalue weighted by molar-refractivity contribution is -0.115. The van der Waals surface area contributed by atoms with E-state index in [4.69, 9.17) is 0 Å². The van der Waals surface area contributed by atoms with Gasteiger partial charge in [0.2, 0.25) is 15.9 Å². The Balaban J connectivity index is 1.51. The van der Waals surface area contributed by atoms with Crippen LogP contribution in [0.1, 0.15) is 38.5 Å². The van der Waals surface area contributed by atoms with Crippen molar-refractivity contribution in [2.24, 2.45) is 0 Å². The monoisotopic (exact) mass is 433 g/mol. The molecule has 1 amide bonds. The first-order valence-electron chi connectivity index (χ1n) is 9.88. The number of para-hydroxylation sites is 1. The van der Waals surface area contributed by atoms with Gasteiger partial charge in [0, 0.05) is 37.1 Å². The van der Waals surface area contributed by atoms with Crippen LogP contribution in [0.15, 0.2) is 58.6 Å². The smallest absolute Gasteiger partial charge is 0.244 e. The Morgan fingerprint density at radius 2 is 1.86 bits per heavy atom. The fourth-order valence-corrected chi connectivity index (χ4v) is 5.56. The van der Waals surface area contributed by atoms with Gasteiger partial charge < -0.3 is 5.32 Å². The second-order valence-corrected chi connectivity index (χ2v) is 10.3. The molecule has 2 aromatic rings. The van der Waals surface area contributed by atoms with Gasteiger partial charge in [-0.3, -0.25) is 4.79 Å². The first kappa shape index (κ1) is 21.8. The van der Waals surface area contributed by atoms with E-state index in [2.05, 4.69) is 10.3 Å². The van der Waals surface area contributed by atoms with Gasteiger partial charge in [-0.2, -0.15) is 4.31 Å². The number of carbonyl (C=O) groups is 1. The molecule has 1 heterocycles. The Morgan fingerprint density at radius 1 is 1.14 bits per heavy atom. The molecule has 1 aromatic carbocycles. The van der Waals surface area contributed by atoms with Crippen molar-refractivity contribution < 1.29 is 13.2 Å². The molecule has 1 aromatic heterocycles. The average Bonchev–Trinajstić information content (AvgIpc) is 2.75. The molecule has 3 rings (SSSR count). The molecular weight excluding hydrogens is 406 g/mol. The number of thioether (sulfide) groups is 1. The molecule has 29 heavy (non-hydrogen) atoms. The highest BCUT2D eigenvalue weighted by atomic mass is 32.2. The number of rotatable bonds is 8. The van der Waals surface area contributed by atoms with E-state index < -0.39 is 10.0 Å². The van der Waals surface area contributed by atoms with Crippen LogP contribution >= 0.6 is 11.8 Å². The minimum Gasteiger partial charge on any atom is -0.326 e. The van der Waals surface area contributed by atoms with Crippen LogP contribution in [-0.4, -0.2) is 42.5 Å². The number of pyridine rings is 1. The largest absolute Gasteiger partial charge is 0.326 e. The highest BCUT2D eigenvalue weighted by molar-refractivity contribution is 7.99. The van der Waals surface area contributed by atoms with Gasteiger partial charge in [-0.15, -0.1) is 11.8 Å². The van der Waals surface area contributed by atoms with E-state index in [-0.39, 0.29) is 16.8 Å². The quantitative estimate of drug-likeness (QED) is 0.633. The number of amides is 1. The fourth-order valence-electron chi connectivity index (χ4n) is 3.41. The van der Waals surface area contributed by atoms with Crippen LogP contribution in [0.3, 0.4) is 0 Å². The number of benzene rings is 1. The zero-order valence-corrected chi connectivity index (χ0v) is 18.2. The summed E-state index contributed by atoms with van der Waals surface area (Å²) in [6.07, 6.45) is 6.95. The molecule has 1 saturated carbocycles. The Hall–Kier alpha value is -1.90. The predicted molar refractivity (Wildman–Crippen MR) is 116 cm³/mol. The van der Waals surface area contributed by atoms with E-state index in [0.717, 1.165) is 31.4 Å². The van der Waals surface area contributed by atoms with Crippen molar-refractivity contribution in [3.8, 4) is 0 Å². The number of anilines is 1. The molecule has 0 bridgehead atoms. The molecule has 0 aliphatic heterocycles. The number of sulfonamides is 1. The van der Waals surface area contributed by atoms with Gasteiger partial charge in [-0.1, -0.05) is 37.5 Å². The summed E-state index contributed by atoms with van der Waals surface area (Å²) in [5.41, 5.74) is 0.775. The molecule has 0 unspecified atom stereocenters. The first-order chi connectivity index (χ1) is 14.0. The topological polar surface area (TPSA) is 79.4 Å². The van der Waals surface area contributed by atoms with Crippen molar-refractivity contribution in [1.29, 1.82) is 0 Å². The predicted octanol–water partition coefficient (Wildman–Crippen LogP) is 4.16. The Labute approximate surface area is 177 Å². The third-order valence-electron chi connectivity index (χ3n) is 5.11. The fraction of sp³-hybridized carbons (Fsp3) is 0.429. The van der Waals surface area contributed by atoms with Crippen molar-refractivity contribution in [2.75, 3.05) is 18.1 Å². The van der Waals surface area contributed by atoms with Gasteiger partial charge in [-0.25, -0.2) is 13.4 Å². The molecule has 0 radical (unpaired) electrons. The van der Waals surface area contributed by atoms with Gasteiger partial charge in [0.05, 0.1) is 5.03 Å². The van der Waals surface area contributed by atoms with Gasteiger partial charge in [0.25, 0.3) is 0 Å². The van der Waals surface area contributed by atoms with Gasteiger partial charge in [-0.05, 0) is 37.1 Å². The summed E-state index contributed by atoms with van der Waals surface area (Å²) in [4.78, 5) is 16.5. The minimum absolute atomic E-state index is 0.0583. The van der Waals surface area contributed by atoms with Crippen LogP contribution in [0, 0.1) is 0 Å². The van der Waals surface area contributed by atoms with Crippen LogP contribution in [0.5, 0.6) is 0 Å². The summed E-state index contributed by atoms with van der Waals surface area (Å²) in [6.45, 7) is 0. The molecule has 8 heteroatoms. The van der Waals surface area contributed by atoms with Crippen molar-refractivity contribution in [3.63, 3.8) is 0 Å². The van der Waals surface area contributed by atoms with Gasteiger partial charge >= 0.3 is 0 Å². The van der Waals surface area contributed by atoms with Crippen LogP contribution in [0.2, 0.25) is 0 Å². The van der Waals surface area contributed by atoms with Gasteiger partial charge in [0.15, 0.2) is 0 Å². The standard InChI is InChI=1S/C21H27N3O3S2/c1-24(18-10-6-3-7-11-18)29(26,27)19-12-13-21(22-16-19)28-15-14-20(25)23-17-8-4-2-5-9-17/h2,4-5,8-9,12-13,16,18H,3,6-7,10-11,14-15H2,1H3,(H,23,25). The van der Waals surface area contributed by atoms with Crippen LogP contribution < -0.4 is 5.32 Å². The normalized spacial score (nSPS) is 15.4. The Morgan fingerprint density at radius 3 is 2.52 bits per heavy atom. The van der Waals surface area contributed by atoms with E-state index in [1.54, 1.807) is 19.2 Å². The van der Waals surface area contributed by atoms with E-state index in [1.807, 2.05) is 30.3 Å². The molecule has 0 spiro atoms. The molecule has 0 saturated heterocycles. The molecular formula is C21H27N3O3S2. The van der Waals surface area contributed by atoms with Crippen LogP contribution in [0.4, 0.5) is 5.69 Å². The van der Waals surface area contributed by atoms with E-state index >= 15 is 0 Å². The lowest BCUT2D eigenvalue weighted by Gasteiger charge is -2.30. The Bertz CT molecular complexity index is 897. The second-order valence-electron chi connectivity index (χ2n) is 7.16. The highest BCUT2D eigenvalue weighted by Gasteiger charge is 2.29. The summed E-state index contributed by atoms with van der Waals surface area (Å²) in [7, 11) is -1.86. The third-order valence-corrected chi connectivity index (χ3v) is 7.95. The number of hydrogen-bond donors (Lipinski definition) is 1. The van der Waals surface area contributed by atoms with Crippen molar-refractivity contribution >= 4 is 33.4 Å². The van der Waals surface area contributed by atoms with Gasteiger partial charge in [0.1, 0.15) is 4.90 Å². The maximum Gasteiger partial charge on any atom is 0.244 e. The number of carbonyl (C=O) groups excluding carboxylic acids is 1. The summed E-state index contributed by atoms with van der Waals surface area (Å²) >= 11 is 1.43. The molecule has 1 aliphatic rings. The molecule has 1 fully saturated rings. The maximum atomic E-state index is 12.8. The zero-order chi connectivity index (χ0) is 20.7. The molecule has 6 nitrogen and oxygen atoms in total. The molecule has 1 aliphatic carbocycles. The molecule has 1 N–H and O–H groups in total. The lowest BCUT2D eigenvalue weighted by atomic mass is 9.96. The van der Waals surface area contributed by atoms with Crippen LogP contribution in [-0.2, 0) is 14.8 Å². The lowest BCUT2D eigenvalue weighted by Crippen LogP contribution is -2.38. The van der Waals surface area contributed by atoms with Crippen molar-refractivity contribution in [2.45, 2.75) is 54.5 Å². The van der Waals surface area contributed by atoms with E-state index in [1.165, 1.54) is 28.7 Å².